The lowest BCUT2D eigenvalue weighted by atomic mass is 10.1. The van der Waals surface area contributed by atoms with Gasteiger partial charge in [-0.15, -0.1) is 0 Å². The van der Waals surface area contributed by atoms with Crippen molar-refractivity contribution in [2.45, 2.75) is 65.5 Å². The van der Waals surface area contributed by atoms with Crippen molar-refractivity contribution in [1.29, 1.82) is 0 Å². The number of amides is 2. The summed E-state index contributed by atoms with van der Waals surface area (Å²) in [5.41, 5.74) is 2.70. The Kier molecular flexibility index (Phi) is 10.8. The number of hydrogen-bond acceptors (Lipinski definition) is 4. The van der Waals surface area contributed by atoms with Crippen LogP contribution in [0.1, 0.15) is 51.2 Å². The van der Waals surface area contributed by atoms with Crippen LogP contribution < -0.4 is 9.62 Å². The van der Waals surface area contributed by atoms with Gasteiger partial charge in [0.25, 0.3) is 0 Å². The number of nitrogens with zero attached hydrogens (tertiary/aromatic N) is 2. The van der Waals surface area contributed by atoms with Gasteiger partial charge in [-0.05, 0) is 57.7 Å². The Labute approximate surface area is 210 Å². The van der Waals surface area contributed by atoms with Gasteiger partial charge >= 0.3 is 0 Å². The molecular weight excluding hydrogens is 462 g/mol. The van der Waals surface area contributed by atoms with Crippen LogP contribution in [0.15, 0.2) is 54.6 Å². The van der Waals surface area contributed by atoms with Gasteiger partial charge in [-0.1, -0.05) is 55.0 Å². The number of carbonyl (C=O) groups excluding carboxylic acids is 2. The summed E-state index contributed by atoms with van der Waals surface area (Å²) >= 11 is 0. The van der Waals surface area contributed by atoms with E-state index in [-0.39, 0.29) is 30.8 Å². The molecule has 0 aliphatic carbocycles. The lowest BCUT2D eigenvalue weighted by Gasteiger charge is -2.30. The zero-order valence-corrected chi connectivity index (χ0v) is 22.3. The number of aryl methyl sites for hydroxylation is 1. The van der Waals surface area contributed by atoms with E-state index in [1.165, 1.54) is 10.6 Å². The molecule has 2 rings (SSSR count). The molecule has 8 heteroatoms. The maximum atomic E-state index is 13.3. The molecule has 0 saturated carbocycles. The molecule has 1 N–H and O–H groups in total. The molecule has 192 valence electrons. The minimum atomic E-state index is -3.50. The number of anilines is 1. The van der Waals surface area contributed by atoms with Crippen LogP contribution in [0.5, 0.6) is 0 Å². The van der Waals surface area contributed by atoms with Gasteiger partial charge in [0.2, 0.25) is 21.8 Å². The average molecular weight is 502 g/mol. The standard InChI is InChI=1S/C27H39N3O4S/c1-6-22(3)28-27(32)23(4)29(20-18-24-11-8-7-9-12-24)26(31)13-10-19-30(35(5,33)34)25-16-14-21(2)15-17-25/h7-9,11-12,14-17,22-23H,6,10,13,18-20H2,1-5H3,(H,28,32)/t22-,23+/m0/s1. The third-order valence-electron chi connectivity index (χ3n) is 6.13. The van der Waals surface area contributed by atoms with E-state index in [1.807, 2.05) is 63.2 Å². The highest BCUT2D eigenvalue weighted by Gasteiger charge is 2.26. The molecule has 0 unspecified atom stereocenters. The molecule has 0 aromatic heterocycles. The minimum Gasteiger partial charge on any atom is -0.352 e. The van der Waals surface area contributed by atoms with Crippen LogP contribution in [0, 0.1) is 6.92 Å². The smallest absolute Gasteiger partial charge is 0.242 e. The fourth-order valence-electron chi connectivity index (χ4n) is 3.75. The molecule has 2 atom stereocenters. The lowest BCUT2D eigenvalue weighted by molar-refractivity contribution is -0.140. The van der Waals surface area contributed by atoms with Gasteiger partial charge in [0.05, 0.1) is 11.9 Å². The Hall–Kier alpha value is -2.87. The molecule has 7 nitrogen and oxygen atoms in total. The molecule has 0 bridgehead atoms. The van der Waals surface area contributed by atoms with Crippen LogP contribution in [-0.4, -0.2) is 56.6 Å². The second-order valence-electron chi connectivity index (χ2n) is 9.09. The number of nitrogens with one attached hydrogen (secondary N) is 1. The second kappa shape index (κ2) is 13.3. The summed E-state index contributed by atoms with van der Waals surface area (Å²) in [4.78, 5) is 27.7. The monoisotopic (exact) mass is 501 g/mol. The zero-order chi connectivity index (χ0) is 26.0. The number of hydrogen-bond donors (Lipinski definition) is 1. The third-order valence-corrected chi connectivity index (χ3v) is 7.32. The molecule has 0 spiro atoms. The Morgan fingerprint density at radius 2 is 1.60 bits per heavy atom. The Balaban J connectivity index is 2.10. The van der Waals surface area contributed by atoms with Gasteiger partial charge in [-0.2, -0.15) is 0 Å². The van der Waals surface area contributed by atoms with Crippen molar-refractivity contribution < 1.29 is 18.0 Å². The first-order valence-corrected chi connectivity index (χ1v) is 14.1. The number of sulfonamides is 1. The zero-order valence-electron chi connectivity index (χ0n) is 21.5. The van der Waals surface area contributed by atoms with Gasteiger partial charge in [0.1, 0.15) is 6.04 Å². The average Bonchev–Trinajstić information content (AvgIpc) is 2.82. The van der Waals surface area contributed by atoms with Crippen molar-refractivity contribution in [3.05, 3.63) is 65.7 Å². The molecule has 0 heterocycles. The summed E-state index contributed by atoms with van der Waals surface area (Å²) in [6.07, 6.45) is 3.10. The highest BCUT2D eigenvalue weighted by Crippen LogP contribution is 2.19. The Morgan fingerprint density at radius 3 is 2.17 bits per heavy atom. The first-order chi connectivity index (χ1) is 16.5. The maximum Gasteiger partial charge on any atom is 0.242 e. The normalized spacial score (nSPS) is 13.1. The molecule has 0 fully saturated rings. The van der Waals surface area contributed by atoms with Crippen LogP contribution in [-0.2, 0) is 26.0 Å². The topological polar surface area (TPSA) is 86.8 Å². The van der Waals surface area contributed by atoms with Crippen LogP contribution in [0.2, 0.25) is 0 Å². The van der Waals surface area contributed by atoms with E-state index >= 15 is 0 Å². The van der Waals surface area contributed by atoms with Crippen molar-refractivity contribution in [3.63, 3.8) is 0 Å². The van der Waals surface area contributed by atoms with Crippen LogP contribution in [0.3, 0.4) is 0 Å². The van der Waals surface area contributed by atoms with Crippen molar-refractivity contribution in [1.82, 2.24) is 10.2 Å². The predicted molar refractivity (Wildman–Crippen MR) is 142 cm³/mol. The van der Waals surface area contributed by atoms with E-state index < -0.39 is 16.1 Å². The summed E-state index contributed by atoms with van der Waals surface area (Å²) in [6.45, 7) is 8.21. The van der Waals surface area contributed by atoms with Gasteiger partial charge in [-0.25, -0.2) is 8.42 Å². The van der Waals surface area contributed by atoms with E-state index in [0.717, 1.165) is 17.5 Å². The van der Waals surface area contributed by atoms with Gasteiger partial charge in [0.15, 0.2) is 0 Å². The predicted octanol–water partition coefficient (Wildman–Crippen LogP) is 3.92. The quantitative estimate of drug-likeness (QED) is 0.451. The molecule has 2 amide bonds. The maximum absolute atomic E-state index is 13.3. The second-order valence-corrected chi connectivity index (χ2v) is 11.0. The Bertz CT molecular complexity index is 1060. The van der Waals surface area contributed by atoms with Crippen LogP contribution in [0.4, 0.5) is 5.69 Å². The molecule has 2 aromatic carbocycles. The van der Waals surface area contributed by atoms with Crippen molar-refractivity contribution in [3.8, 4) is 0 Å². The fraction of sp³-hybridized carbons (Fsp3) is 0.481. The largest absolute Gasteiger partial charge is 0.352 e. The SMILES string of the molecule is CC[C@H](C)NC(=O)[C@@H](C)N(CCc1ccccc1)C(=O)CCCN(c1ccc(C)cc1)S(C)(=O)=O. The summed E-state index contributed by atoms with van der Waals surface area (Å²) in [5, 5.41) is 2.96. The summed E-state index contributed by atoms with van der Waals surface area (Å²) in [7, 11) is -3.50. The van der Waals surface area contributed by atoms with E-state index in [4.69, 9.17) is 0 Å². The fourth-order valence-corrected chi connectivity index (χ4v) is 4.72. The molecule has 0 saturated heterocycles. The number of rotatable bonds is 13. The first-order valence-electron chi connectivity index (χ1n) is 12.2. The molecule has 2 aromatic rings. The first kappa shape index (κ1) is 28.4. The van der Waals surface area contributed by atoms with E-state index in [9.17, 15) is 18.0 Å². The van der Waals surface area contributed by atoms with Crippen LogP contribution >= 0.6 is 0 Å². The van der Waals surface area contributed by atoms with E-state index in [0.29, 0.717) is 25.1 Å². The lowest BCUT2D eigenvalue weighted by Crippen LogP contribution is -2.50. The molecule has 0 aliphatic heterocycles. The van der Waals surface area contributed by atoms with Crippen molar-refractivity contribution in [2.75, 3.05) is 23.7 Å². The highest BCUT2D eigenvalue weighted by atomic mass is 32.2. The van der Waals surface area contributed by atoms with Crippen LogP contribution in [0.25, 0.3) is 0 Å². The van der Waals surface area contributed by atoms with E-state index in [2.05, 4.69) is 5.32 Å². The number of carbonyl (C=O) groups is 2. The third kappa shape index (κ3) is 9.02. The van der Waals surface area contributed by atoms with Gasteiger partial charge < -0.3 is 10.2 Å². The van der Waals surface area contributed by atoms with Crippen molar-refractivity contribution >= 4 is 27.5 Å². The molecule has 35 heavy (non-hydrogen) atoms. The highest BCUT2D eigenvalue weighted by molar-refractivity contribution is 7.92. The summed E-state index contributed by atoms with van der Waals surface area (Å²) in [6, 6.07) is 16.5. The summed E-state index contributed by atoms with van der Waals surface area (Å²) < 4.78 is 26.1. The van der Waals surface area contributed by atoms with Gasteiger partial charge in [-0.3, -0.25) is 13.9 Å². The molecule has 0 aliphatic rings. The van der Waals surface area contributed by atoms with E-state index in [1.54, 1.807) is 24.0 Å². The van der Waals surface area contributed by atoms with Gasteiger partial charge in [0, 0.05) is 25.6 Å². The van der Waals surface area contributed by atoms with Crippen molar-refractivity contribution in [2.24, 2.45) is 0 Å². The number of benzene rings is 2. The molecular formula is C27H39N3O4S. The summed E-state index contributed by atoms with van der Waals surface area (Å²) in [5.74, 6) is -0.344. The minimum absolute atomic E-state index is 0.0221. The molecule has 0 radical (unpaired) electrons. The Morgan fingerprint density at radius 1 is 0.971 bits per heavy atom.